The van der Waals surface area contributed by atoms with Crippen molar-refractivity contribution in [3.8, 4) is 5.75 Å². The summed E-state index contributed by atoms with van der Waals surface area (Å²) in [6.45, 7) is 2.75. The maximum absolute atomic E-state index is 13.7. The highest BCUT2D eigenvalue weighted by molar-refractivity contribution is 5.77. The molecule has 1 rings (SSSR count). The van der Waals surface area contributed by atoms with Crippen molar-refractivity contribution >= 4 is 5.91 Å². The highest BCUT2D eigenvalue weighted by Crippen LogP contribution is 2.23. The van der Waals surface area contributed by atoms with Crippen LogP contribution in [-0.2, 0) is 11.3 Å². The average Bonchev–Trinajstić information content (AvgIpc) is 2.37. The van der Waals surface area contributed by atoms with Crippen molar-refractivity contribution in [1.82, 2.24) is 10.6 Å². The molecule has 0 aliphatic rings. The highest BCUT2D eigenvalue weighted by atomic mass is 19.1. The second kappa shape index (κ2) is 7.68. The van der Waals surface area contributed by atoms with E-state index in [4.69, 9.17) is 4.74 Å². The van der Waals surface area contributed by atoms with Crippen LogP contribution in [0.3, 0.4) is 0 Å². The lowest BCUT2D eigenvalue weighted by molar-refractivity contribution is -0.122. The minimum Gasteiger partial charge on any atom is -0.478 e. The fourth-order valence-corrected chi connectivity index (χ4v) is 1.47. The molecule has 0 unspecified atom stereocenters. The Morgan fingerprint density at radius 1 is 1.32 bits per heavy atom. The molecule has 106 valence electrons. The lowest BCUT2D eigenvalue weighted by Crippen LogP contribution is -2.25. The third-order valence-electron chi connectivity index (χ3n) is 2.44. The number of halogens is 2. The standard InChI is InChI=1S/C13H18F2N2O2/c1-3-4-17-7-9-5-10(14)13(11(15)6-9)19-8-12(18)16-2/h5-6,17H,3-4,7-8H2,1-2H3,(H,16,18). The number of ether oxygens (including phenoxy) is 1. The smallest absolute Gasteiger partial charge is 0.257 e. The van der Waals surface area contributed by atoms with Crippen LogP contribution >= 0.6 is 0 Å². The molecule has 6 heteroatoms. The number of carbonyl (C=O) groups excluding carboxylic acids is 1. The number of amides is 1. The number of nitrogens with one attached hydrogen (secondary N) is 2. The second-order valence-corrected chi connectivity index (χ2v) is 4.03. The van der Waals surface area contributed by atoms with Crippen LogP contribution in [0, 0.1) is 11.6 Å². The summed E-state index contributed by atoms with van der Waals surface area (Å²) in [5, 5.41) is 5.35. The summed E-state index contributed by atoms with van der Waals surface area (Å²) in [6.07, 6.45) is 0.943. The van der Waals surface area contributed by atoms with Crippen molar-refractivity contribution in [1.29, 1.82) is 0 Å². The molecule has 0 heterocycles. The molecule has 1 aromatic carbocycles. The van der Waals surface area contributed by atoms with E-state index in [1.54, 1.807) is 0 Å². The van der Waals surface area contributed by atoms with Gasteiger partial charge in [-0.3, -0.25) is 4.79 Å². The van der Waals surface area contributed by atoms with Gasteiger partial charge in [0, 0.05) is 13.6 Å². The molecule has 4 nitrogen and oxygen atoms in total. The monoisotopic (exact) mass is 272 g/mol. The first-order valence-electron chi connectivity index (χ1n) is 6.10. The zero-order valence-corrected chi connectivity index (χ0v) is 11.1. The largest absolute Gasteiger partial charge is 0.478 e. The van der Waals surface area contributed by atoms with Gasteiger partial charge in [0.15, 0.2) is 24.0 Å². The molecule has 0 radical (unpaired) electrons. The van der Waals surface area contributed by atoms with Gasteiger partial charge in [0.25, 0.3) is 5.91 Å². The van der Waals surface area contributed by atoms with Gasteiger partial charge in [-0.1, -0.05) is 6.92 Å². The molecule has 0 fully saturated rings. The zero-order valence-electron chi connectivity index (χ0n) is 11.1. The summed E-state index contributed by atoms with van der Waals surface area (Å²) >= 11 is 0. The Kier molecular flexibility index (Phi) is 6.21. The van der Waals surface area contributed by atoms with Gasteiger partial charge in [0.05, 0.1) is 0 Å². The number of hydrogen-bond donors (Lipinski definition) is 2. The van der Waals surface area contributed by atoms with Crippen molar-refractivity contribution in [2.75, 3.05) is 20.2 Å². The molecule has 0 aliphatic carbocycles. The number of rotatable bonds is 7. The fraction of sp³-hybridized carbons (Fsp3) is 0.462. The van der Waals surface area contributed by atoms with E-state index in [1.165, 1.54) is 19.2 Å². The summed E-state index contributed by atoms with van der Waals surface area (Å²) < 4.78 is 32.1. The molecule has 0 bridgehead atoms. The predicted molar refractivity (Wildman–Crippen MR) is 67.9 cm³/mol. The summed E-state index contributed by atoms with van der Waals surface area (Å²) in [7, 11) is 1.42. The molecular formula is C13H18F2N2O2. The van der Waals surface area contributed by atoms with E-state index in [2.05, 4.69) is 10.6 Å². The number of likely N-dealkylation sites (N-methyl/N-ethyl adjacent to an activating group) is 1. The van der Waals surface area contributed by atoms with E-state index in [-0.39, 0.29) is 0 Å². The summed E-state index contributed by atoms with van der Waals surface area (Å²) in [5.41, 5.74) is 0.496. The SMILES string of the molecule is CCCNCc1cc(F)c(OCC(=O)NC)c(F)c1. The third kappa shape index (κ3) is 4.82. The van der Waals surface area contributed by atoms with Crippen LogP contribution in [0.1, 0.15) is 18.9 Å². The Bertz CT molecular complexity index is 416. The number of benzene rings is 1. The van der Waals surface area contributed by atoms with Crippen molar-refractivity contribution in [2.45, 2.75) is 19.9 Å². The van der Waals surface area contributed by atoms with Gasteiger partial charge in [-0.05, 0) is 30.7 Å². The van der Waals surface area contributed by atoms with E-state index < -0.39 is 29.9 Å². The molecule has 0 aromatic heterocycles. The van der Waals surface area contributed by atoms with Gasteiger partial charge in [0.2, 0.25) is 0 Å². The summed E-state index contributed by atoms with van der Waals surface area (Å²) in [4.78, 5) is 11.0. The quantitative estimate of drug-likeness (QED) is 0.741. The van der Waals surface area contributed by atoms with Crippen LogP contribution in [0.4, 0.5) is 8.78 Å². The second-order valence-electron chi connectivity index (χ2n) is 4.03. The minimum atomic E-state index is -0.808. The molecule has 0 saturated heterocycles. The maximum atomic E-state index is 13.7. The Hall–Kier alpha value is -1.69. The molecule has 2 N–H and O–H groups in total. The van der Waals surface area contributed by atoms with Crippen LogP contribution in [0.25, 0.3) is 0 Å². The van der Waals surface area contributed by atoms with Crippen LogP contribution in [0.5, 0.6) is 5.75 Å². The van der Waals surface area contributed by atoms with Gasteiger partial charge in [-0.25, -0.2) is 8.78 Å². The summed E-state index contributed by atoms with van der Waals surface area (Å²) in [6, 6.07) is 2.40. The van der Waals surface area contributed by atoms with Crippen molar-refractivity contribution in [3.05, 3.63) is 29.3 Å². The van der Waals surface area contributed by atoms with Gasteiger partial charge < -0.3 is 15.4 Å². The molecule has 19 heavy (non-hydrogen) atoms. The fourth-order valence-electron chi connectivity index (χ4n) is 1.47. The normalized spacial score (nSPS) is 10.3. The van der Waals surface area contributed by atoms with E-state index >= 15 is 0 Å². The van der Waals surface area contributed by atoms with Crippen molar-refractivity contribution < 1.29 is 18.3 Å². The van der Waals surface area contributed by atoms with Gasteiger partial charge >= 0.3 is 0 Å². The Morgan fingerprint density at radius 2 is 1.95 bits per heavy atom. The lowest BCUT2D eigenvalue weighted by Gasteiger charge is -2.10. The van der Waals surface area contributed by atoms with Crippen LogP contribution in [0.15, 0.2) is 12.1 Å². The van der Waals surface area contributed by atoms with E-state index in [0.717, 1.165) is 13.0 Å². The lowest BCUT2D eigenvalue weighted by atomic mass is 10.2. The average molecular weight is 272 g/mol. The zero-order chi connectivity index (χ0) is 14.3. The van der Waals surface area contributed by atoms with Gasteiger partial charge in [-0.15, -0.1) is 0 Å². The Morgan fingerprint density at radius 3 is 2.47 bits per heavy atom. The summed E-state index contributed by atoms with van der Waals surface area (Å²) in [5.74, 6) is -2.59. The van der Waals surface area contributed by atoms with Crippen molar-refractivity contribution in [3.63, 3.8) is 0 Å². The first kappa shape index (κ1) is 15.4. The van der Waals surface area contributed by atoms with Gasteiger partial charge in [-0.2, -0.15) is 0 Å². The van der Waals surface area contributed by atoms with Crippen LogP contribution < -0.4 is 15.4 Å². The van der Waals surface area contributed by atoms with E-state index in [1.807, 2.05) is 6.92 Å². The first-order valence-corrected chi connectivity index (χ1v) is 6.10. The molecule has 0 spiro atoms. The Balaban J connectivity index is 2.71. The Labute approximate surface area is 111 Å². The van der Waals surface area contributed by atoms with Crippen LogP contribution in [-0.4, -0.2) is 26.1 Å². The number of carbonyl (C=O) groups is 1. The molecule has 1 aromatic rings. The van der Waals surface area contributed by atoms with Crippen LogP contribution in [0.2, 0.25) is 0 Å². The minimum absolute atomic E-state index is 0.386. The van der Waals surface area contributed by atoms with Gasteiger partial charge in [0.1, 0.15) is 0 Å². The maximum Gasteiger partial charge on any atom is 0.257 e. The number of hydrogen-bond acceptors (Lipinski definition) is 3. The third-order valence-corrected chi connectivity index (χ3v) is 2.44. The first-order chi connectivity index (χ1) is 9.08. The molecule has 1 amide bonds. The highest BCUT2D eigenvalue weighted by Gasteiger charge is 2.13. The molecule has 0 aliphatic heterocycles. The molecule has 0 atom stereocenters. The van der Waals surface area contributed by atoms with Crippen molar-refractivity contribution in [2.24, 2.45) is 0 Å². The topological polar surface area (TPSA) is 50.4 Å². The van der Waals surface area contributed by atoms with E-state index in [9.17, 15) is 13.6 Å². The predicted octanol–water partition coefficient (Wildman–Crippen LogP) is 1.59. The van der Waals surface area contributed by atoms with E-state index in [0.29, 0.717) is 12.1 Å². The molecular weight excluding hydrogens is 254 g/mol. The molecule has 0 saturated carbocycles.